The van der Waals surface area contributed by atoms with Crippen LogP contribution < -0.4 is 19.5 Å². The molecule has 0 radical (unpaired) electrons. The highest BCUT2D eigenvalue weighted by atomic mass is 16.5. The van der Waals surface area contributed by atoms with E-state index in [2.05, 4.69) is 24.4 Å². The molecule has 8 nitrogen and oxygen atoms in total. The van der Waals surface area contributed by atoms with E-state index < -0.39 is 5.54 Å². The van der Waals surface area contributed by atoms with Crippen LogP contribution in [-0.4, -0.2) is 68.6 Å². The van der Waals surface area contributed by atoms with Gasteiger partial charge in [0, 0.05) is 43.5 Å². The van der Waals surface area contributed by atoms with E-state index in [1.165, 1.54) is 5.56 Å². The van der Waals surface area contributed by atoms with E-state index in [1.807, 2.05) is 41.0 Å². The molecule has 1 fully saturated rings. The summed E-state index contributed by atoms with van der Waals surface area (Å²) < 4.78 is 16.5. The van der Waals surface area contributed by atoms with Crippen LogP contribution in [0.5, 0.6) is 17.2 Å². The number of amides is 2. The van der Waals surface area contributed by atoms with Gasteiger partial charge in [0.2, 0.25) is 6.41 Å². The van der Waals surface area contributed by atoms with E-state index in [9.17, 15) is 9.59 Å². The third-order valence-electron chi connectivity index (χ3n) is 7.89. The Morgan fingerprint density at radius 1 is 1.11 bits per heavy atom. The second-order valence-electron chi connectivity index (χ2n) is 10.0. The number of benzene rings is 2. The van der Waals surface area contributed by atoms with Gasteiger partial charge in [-0.3, -0.25) is 9.59 Å². The van der Waals surface area contributed by atoms with Gasteiger partial charge in [0.1, 0.15) is 17.2 Å². The van der Waals surface area contributed by atoms with Crippen LogP contribution >= 0.6 is 0 Å². The Kier molecular flexibility index (Phi) is 8.49. The van der Waals surface area contributed by atoms with Crippen LogP contribution in [0.4, 0.5) is 0 Å². The molecule has 2 aromatic carbocycles. The lowest BCUT2D eigenvalue weighted by molar-refractivity contribution is -0.124. The predicted octanol–water partition coefficient (Wildman–Crippen LogP) is 4.03. The summed E-state index contributed by atoms with van der Waals surface area (Å²) in [4.78, 5) is 29.4. The quantitative estimate of drug-likeness (QED) is 0.529. The van der Waals surface area contributed by atoms with Gasteiger partial charge in [-0.2, -0.15) is 0 Å². The first kappa shape index (κ1) is 27.4. The highest BCUT2D eigenvalue weighted by Gasteiger charge is 2.44. The van der Waals surface area contributed by atoms with Crippen molar-refractivity contribution in [3.05, 3.63) is 64.9 Å². The number of hydrogen-bond donors (Lipinski definition) is 1. The largest absolute Gasteiger partial charge is 0.497 e. The van der Waals surface area contributed by atoms with E-state index in [0.29, 0.717) is 50.3 Å². The lowest BCUT2D eigenvalue weighted by Gasteiger charge is -2.49. The maximum atomic E-state index is 13.3. The van der Waals surface area contributed by atoms with Crippen molar-refractivity contribution in [1.82, 2.24) is 15.1 Å². The van der Waals surface area contributed by atoms with Crippen LogP contribution in [0.2, 0.25) is 0 Å². The van der Waals surface area contributed by atoms with Crippen molar-refractivity contribution < 1.29 is 23.8 Å². The molecule has 38 heavy (non-hydrogen) atoms. The summed E-state index contributed by atoms with van der Waals surface area (Å²) in [5, 5.41) is 3.69. The highest BCUT2D eigenvalue weighted by Crippen LogP contribution is 2.38. The Bertz CT molecular complexity index is 1190. The summed E-state index contributed by atoms with van der Waals surface area (Å²) in [5.74, 6) is 2.42. The molecule has 2 aliphatic heterocycles. The average molecular weight is 522 g/mol. The number of fused-ring (bicyclic) bond motifs is 1. The number of nitrogens with zero attached hydrogens (tertiary/aromatic N) is 2. The number of ether oxygens (including phenoxy) is 3. The fourth-order valence-corrected chi connectivity index (χ4v) is 5.81. The molecule has 0 unspecified atom stereocenters. The summed E-state index contributed by atoms with van der Waals surface area (Å²) in [6, 6.07) is 11.2. The molecule has 0 spiro atoms. The van der Waals surface area contributed by atoms with Crippen molar-refractivity contribution in [2.75, 3.05) is 41.0 Å². The number of likely N-dealkylation sites (N-methyl/N-ethyl adjacent to an activating group) is 1. The average Bonchev–Trinajstić information content (AvgIpc) is 2.95. The molecular formula is C30H39N3O5. The Balaban J connectivity index is 1.62. The van der Waals surface area contributed by atoms with Crippen molar-refractivity contribution >= 4 is 12.3 Å². The predicted molar refractivity (Wildman–Crippen MR) is 147 cm³/mol. The third-order valence-corrected chi connectivity index (χ3v) is 7.89. The first-order valence-electron chi connectivity index (χ1n) is 13.2. The van der Waals surface area contributed by atoms with Gasteiger partial charge in [0.25, 0.3) is 5.91 Å². The van der Waals surface area contributed by atoms with Crippen molar-refractivity contribution in [3.8, 4) is 17.2 Å². The Morgan fingerprint density at radius 3 is 2.47 bits per heavy atom. The zero-order valence-electron chi connectivity index (χ0n) is 23.1. The molecule has 4 rings (SSSR count). The number of allylic oxidation sites excluding steroid dienone is 1. The normalized spacial score (nSPS) is 20.0. The van der Waals surface area contributed by atoms with Gasteiger partial charge in [-0.25, -0.2) is 0 Å². The monoisotopic (exact) mass is 521 g/mol. The molecular weight excluding hydrogens is 482 g/mol. The Labute approximate surface area is 225 Å². The molecule has 2 aliphatic rings. The first-order valence-corrected chi connectivity index (χ1v) is 13.2. The highest BCUT2D eigenvalue weighted by molar-refractivity contribution is 5.94. The number of methoxy groups -OCH3 is 3. The van der Waals surface area contributed by atoms with Crippen LogP contribution in [0.1, 0.15) is 48.2 Å². The molecule has 0 bridgehead atoms. The van der Waals surface area contributed by atoms with Gasteiger partial charge in [-0.1, -0.05) is 19.1 Å². The Morgan fingerprint density at radius 2 is 1.84 bits per heavy atom. The second kappa shape index (κ2) is 11.8. The molecule has 204 valence electrons. The molecule has 2 amide bonds. The number of hydrogen-bond acceptors (Lipinski definition) is 6. The summed E-state index contributed by atoms with van der Waals surface area (Å²) >= 11 is 0. The lowest BCUT2D eigenvalue weighted by atomic mass is 9.79. The number of nitrogens with one attached hydrogen (secondary N) is 1. The van der Waals surface area contributed by atoms with Crippen molar-refractivity contribution in [2.24, 2.45) is 5.92 Å². The number of rotatable bonds is 8. The van der Waals surface area contributed by atoms with Gasteiger partial charge in [-0.15, -0.1) is 0 Å². The molecule has 1 atom stereocenters. The summed E-state index contributed by atoms with van der Waals surface area (Å²) in [6.07, 6.45) is 5.32. The van der Waals surface area contributed by atoms with Gasteiger partial charge >= 0.3 is 0 Å². The van der Waals surface area contributed by atoms with Gasteiger partial charge in [-0.05, 0) is 67.5 Å². The van der Waals surface area contributed by atoms with Crippen LogP contribution in [-0.2, 0) is 17.8 Å². The van der Waals surface area contributed by atoms with Gasteiger partial charge in [0.15, 0.2) is 0 Å². The second-order valence-corrected chi connectivity index (χ2v) is 10.0. The third kappa shape index (κ3) is 5.30. The van der Waals surface area contributed by atoms with Crippen LogP contribution in [0.15, 0.2) is 48.2 Å². The van der Waals surface area contributed by atoms with Crippen molar-refractivity contribution in [3.63, 3.8) is 0 Å². The maximum absolute atomic E-state index is 13.3. The van der Waals surface area contributed by atoms with Crippen LogP contribution in [0, 0.1) is 5.92 Å². The number of carbonyl (C=O) groups excluding carboxylic acids is 2. The summed E-state index contributed by atoms with van der Waals surface area (Å²) in [6.45, 7) is 6.46. The van der Waals surface area contributed by atoms with Crippen molar-refractivity contribution in [2.45, 2.75) is 45.2 Å². The summed E-state index contributed by atoms with van der Waals surface area (Å²) in [7, 11) is 4.94. The zero-order chi connectivity index (χ0) is 27.3. The van der Waals surface area contributed by atoms with Crippen LogP contribution in [0.25, 0.3) is 0 Å². The van der Waals surface area contributed by atoms with E-state index in [1.54, 1.807) is 27.4 Å². The van der Waals surface area contributed by atoms with E-state index in [-0.39, 0.29) is 11.8 Å². The minimum Gasteiger partial charge on any atom is -0.497 e. The van der Waals surface area contributed by atoms with Gasteiger partial charge in [0.05, 0.1) is 26.9 Å². The fourth-order valence-electron chi connectivity index (χ4n) is 5.81. The molecule has 8 heteroatoms. The minimum absolute atomic E-state index is 0.0206. The maximum Gasteiger partial charge on any atom is 0.253 e. The number of carbonyl (C=O) groups is 2. The van der Waals surface area contributed by atoms with Crippen molar-refractivity contribution in [1.29, 1.82) is 0 Å². The smallest absolute Gasteiger partial charge is 0.253 e. The standard InChI is InChI=1S/C30H39N3O5/c1-6-33(20-34)30(10-12-32(13-11-30)29(35)22-8-7-9-24(16-22)36-3)28-15-21(2)14-26-23(19-31-28)17-25(37-4)18-27(26)38-5/h7-9,15-18,20-21,31H,6,10-14,19H2,1-5H3/b28-15-/t21-/m1/s1. The minimum atomic E-state index is -0.517. The van der Waals surface area contributed by atoms with E-state index >= 15 is 0 Å². The molecule has 2 heterocycles. The molecule has 0 aromatic heterocycles. The lowest BCUT2D eigenvalue weighted by Crippen LogP contribution is -2.59. The SMILES string of the molecule is CCN(C=O)C1(/C2=C/[C@H](C)Cc3c(cc(OC)cc3OC)CN2)CCN(C(=O)c2cccc(OC)c2)CC1. The number of piperidine rings is 1. The van der Waals surface area contributed by atoms with Gasteiger partial charge < -0.3 is 29.3 Å². The molecule has 1 saturated heterocycles. The fraction of sp³-hybridized carbons (Fsp3) is 0.467. The number of likely N-dealkylation sites (tertiary alicyclic amines) is 1. The van der Waals surface area contributed by atoms with Crippen LogP contribution in [0.3, 0.4) is 0 Å². The topological polar surface area (TPSA) is 80.3 Å². The van der Waals surface area contributed by atoms with E-state index in [0.717, 1.165) is 35.6 Å². The molecule has 1 N–H and O–H groups in total. The Hall–Kier alpha value is -3.68. The molecule has 2 aromatic rings. The summed E-state index contributed by atoms with van der Waals surface area (Å²) in [5.41, 5.74) is 3.42. The molecule has 0 saturated carbocycles. The zero-order valence-corrected chi connectivity index (χ0v) is 23.1. The molecule has 0 aliphatic carbocycles. The first-order chi connectivity index (χ1) is 18.4. The van der Waals surface area contributed by atoms with E-state index in [4.69, 9.17) is 14.2 Å².